The number of benzene rings is 2. The van der Waals surface area contributed by atoms with Crippen molar-refractivity contribution in [1.29, 1.82) is 0 Å². The van der Waals surface area contributed by atoms with Crippen LogP contribution in [0.5, 0.6) is 17.2 Å². The molecule has 0 saturated heterocycles. The van der Waals surface area contributed by atoms with Crippen molar-refractivity contribution >= 4 is 16.9 Å². The van der Waals surface area contributed by atoms with E-state index < -0.39 is 5.97 Å². The molecule has 0 bridgehead atoms. The second-order valence-corrected chi connectivity index (χ2v) is 5.67. The molecule has 2 aromatic carbocycles. The molecule has 1 aliphatic heterocycles. The van der Waals surface area contributed by atoms with E-state index in [4.69, 9.17) is 24.4 Å². The Morgan fingerprint density at radius 3 is 2.69 bits per heavy atom. The van der Waals surface area contributed by atoms with E-state index in [0.717, 1.165) is 0 Å². The van der Waals surface area contributed by atoms with Crippen LogP contribution in [-0.4, -0.2) is 25.7 Å². The van der Waals surface area contributed by atoms with Gasteiger partial charge >= 0.3 is 5.97 Å². The summed E-state index contributed by atoms with van der Waals surface area (Å²) >= 11 is 0. The Morgan fingerprint density at radius 2 is 1.88 bits per heavy atom. The number of carbonyl (C=O) groups is 1. The SMILES string of the molecule is NCC(=O)Oc1ccc2c(=O)c(-c3ccc4c(c3)OCCO4)coc2c1. The van der Waals surface area contributed by atoms with Crippen LogP contribution >= 0.6 is 0 Å². The molecule has 0 amide bonds. The number of rotatable bonds is 3. The topological polar surface area (TPSA) is 101 Å². The molecule has 26 heavy (non-hydrogen) atoms. The van der Waals surface area contributed by atoms with E-state index in [2.05, 4.69) is 0 Å². The van der Waals surface area contributed by atoms with Gasteiger partial charge < -0.3 is 24.4 Å². The van der Waals surface area contributed by atoms with Crippen molar-refractivity contribution in [2.24, 2.45) is 5.73 Å². The zero-order valence-corrected chi connectivity index (χ0v) is 13.7. The standard InChI is InChI=1S/C19H15NO6/c20-9-18(21)26-12-2-3-13-16(8-12)25-10-14(19(13)22)11-1-4-15-17(7-11)24-6-5-23-15/h1-4,7-8,10H,5-6,9,20H2. The Labute approximate surface area is 147 Å². The summed E-state index contributed by atoms with van der Waals surface area (Å²) in [5.41, 5.74) is 6.42. The summed E-state index contributed by atoms with van der Waals surface area (Å²) in [5.74, 6) is 0.941. The second-order valence-electron chi connectivity index (χ2n) is 5.67. The fourth-order valence-corrected chi connectivity index (χ4v) is 2.76. The highest BCUT2D eigenvalue weighted by molar-refractivity contribution is 5.84. The normalized spacial score (nSPS) is 12.8. The lowest BCUT2D eigenvalue weighted by Crippen LogP contribution is -2.19. The number of carbonyl (C=O) groups excluding carboxylic acids is 1. The van der Waals surface area contributed by atoms with E-state index in [1.165, 1.54) is 18.4 Å². The molecule has 4 rings (SSSR count). The summed E-state index contributed by atoms with van der Waals surface area (Å²) in [6.45, 7) is 0.736. The molecule has 132 valence electrons. The van der Waals surface area contributed by atoms with Gasteiger partial charge in [0, 0.05) is 6.07 Å². The Hall–Kier alpha value is -3.32. The Balaban J connectivity index is 1.75. The maximum Gasteiger partial charge on any atom is 0.325 e. The highest BCUT2D eigenvalue weighted by Crippen LogP contribution is 2.34. The predicted molar refractivity (Wildman–Crippen MR) is 93.6 cm³/mol. The van der Waals surface area contributed by atoms with Crippen molar-refractivity contribution in [1.82, 2.24) is 0 Å². The van der Waals surface area contributed by atoms with Crippen molar-refractivity contribution in [3.63, 3.8) is 0 Å². The van der Waals surface area contributed by atoms with Gasteiger partial charge in [-0.3, -0.25) is 9.59 Å². The zero-order valence-electron chi connectivity index (χ0n) is 13.7. The average molecular weight is 353 g/mol. The first-order chi connectivity index (χ1) is 12.7. The van der Waals surface area contributed by atoms with Gasteiger partial charge in [-0.2, -0.15) is 0 Å². The van der Waals surface area contributed by atoms with Crippen LogP contribution in [0.1, 0.15) is 0 Å². The number of nitrogens with two attached hydrogens (primary N) is 1. The maximum atomic E-state index is 12.8. The van der Waals surface area contributed by atoms with Crippen LogP contribution in [0.3, 0.4) is 0 Å². The van der Waals surface area contributed by atoms with Crippen LogP contribution in [0, 0.1) is 0 Å². The van der Waals surface area contributed by atoms with Crippen molar-refractivity contribution in [3.05, 3.63) is 52.9 Å². The summed E-state index contributed by atoms with van der Waals surface area (Å²) in [6, 6.07) is 9.87. The lowest BCUT2D eigenvalue weighted by Gasteiger charge is -2.18. The van der Waals surface area contributed by atoms with E-state index in [0.29, 0.717) is 46.8 Å². The lowest BCUT2D eigenvalue weighted by molar-refractivity contribution is -0.132. The molecule has 0 unspecified atom stereocenters. The van der Waals surface area contributed by atoms with Gasteiger partial charge in [0.1, 0.15) is 30.8 Å². The number of esters is 1. The first-order valence-electron chi connectivity index (χ1n) is 8.02. The smallest absolute Gasteiger partial charge is 0.325 e. The van der Waals surface area contributed by atoms with Crippen LogP contribution in [0.15, 0.2) is 51.9 Å². The van der Waals surface area contributed by atoms with E-state index >= 15 is 0 Å². The van der Waals surface area contributed by atoms with Gasteiger partial charge in [0.05, 0.1) is 17.5 Å². The van der Waals surface area contributed by atoms with Gasteiger partial charge in [0.25, 0.3) is 0 Å². The van der Waals surface area contributed by atoms with E-state index in [9.17, 15) is 9.59 Å². The molecular weight excluding hydrogens is 338 g/mol. The third-order valence-electron chi connectivity index (χ3n) is 4.00. The number of hydrogen-bond donors (Lipinski definition) is 1. The monoisotopic (exact) mass is 353 g/mol. The average Bonchev–Trinajstić information content (AvgIpc) is 2.68. The minimum absolute atomic E-state index is 0.195. The summed E-state index contributed by atoms with van der Waals surface area (Å²) in [5, 5.41) is 0.380. The van der Waals surface area contributed by atoms with Crippen molar-refractivity contribution in [2.45, 2.75) is 0 Å². The molecule has 3 aromatic rings. The van der Waals surface area contributed by atoms with Gasteiger partial charge in [-0.25, -0.2) is 0 Å². The molecule has 0 atom stereocenters. The predicted octanol–water partition coefficient (Wildman–Crippen LogP) is 2.10. The minimum atomic E-state index is -0.570. The fourth-order valence-electron chi connectivity index (χ4n) is 2.76. The largest absolute Gasteiger partial charge is 0.486 e. The molecule has 2 N–H and O–H groups in total. The quantitative estimate of drug-likeness (QED) is 0.568. The third-order valence-corrected chi connectivity index (χ3v) is 4.00. The van der Waals surface area contributed by atoms with Crippen LogP contribution in [0.2, 0.25) is 0 Å². The van der Waals surface area contributed by atoms with Crippen LogP contribution in [0.25, 0.3) is 22.1 Å². The summed E-state index contributed by atoms with van der Waals surface area (Å²) in [6.07, 6.45) is 1.38. The van der Waals surface area contributed by atoms with E-state index in [1.807, 2.05) is 0 Å². The minimum Gasteiger partial charge on any atom is -0.486 e. The number of hydrogen-bond acceptors (Lipinski definition) is 7. The Kier molecular flexibility index (Phi) is 4.06. The first-order valence-corrected chi connectivity index (χ1v) is 8.02. The van der Waals surface area contributed by atoms with Gasteiger partial charge in [0.15, 0.2) is 16.9 Å². The molecule has 1 aromatic heterocycles. The molecule has 2 heterocycles. The van der Waals surface area contributed by atoms with Crippen molar-refractivity contribution in [2.75, 3.05) is 19.8 Å². The number of fused-ring (bicyclic) bond motifs is 2. The molecule has 0 aliphatic carbocycles. The summed E-state index contributed by atoms with van der Waals surface area (Å²) in [7, 11) is 0. The molecule has 0 saturated carbocycles. The van der Waals surface area contributed by atoms with Gasteiger partial charge in [-0.15, -0.1) is 0 Å². The van der Waals surface area contributed by atoms with Crippen molar-refractivity contribution in [3.8, 4) is 28.4 Å². The van der Waals surface area contributed by atoms with Crippen LogP contribution < -0.4 is 25.4 Å². The Bertz CT molecular complexity index is 1060. The van der Waals surface area contributed by atoms with Gasteiger partial charge in [0.2, 0.25) is 0 Å². The maximum absolute atomic E-state index is 12.8. The molecule has 0 radical (unpaired) electrons. The first kappa shape index (κ1) is 16.2. The lowest BCUT2D eigenvalue weighted by atomic mass is 10.0. The highest BCUT2D eigenvalue weighted by Gasteiger charge is 2.16. The van der Waals surface area contributed by atoms with E-state index in [1.54, 1.807) is 24.3 Å². The molecule has 7 nitrogen and oxygen atoms in total. The van der Waals surface area contributed by atoms with E-state index in [-0.39, 0.29) is 17.7 Å². The second kappa shape index (κ2) is 6.53. The van der Waals surface area contributed by atoms with Gasteiger partial charge in [-0.05, 0) is 29.8 Å². The molecule has 0 fully saturated rings. The summed E-state index contributed by atoms with van der Waals surface area (Å²) < 4.78 is 21.7. The van der Waals surface area contributed by atoms with Crippen LogP contribution in [0.4, 0.5) is 0 Å². The number of ether oxygens (including phenoxy) is 3. The van der Waals surface area contributed by atoms with Crippen molar-refractivity contribution < 1.29 is 23.4 Å². The fraction of sp³-hybridized carbons (Fsp3) is 0.158. The Morgan fingerprint density at radius 1 is 1.08 bits per heavy atom. The molecule has 1 aliphatic rings. The highest BCUT2D eigenvalue weighted by atomic mass is 16.6. The van der Waals surface area contributed by atoms with Crippen LogP contribution in [-0.2, 0) is 4.79 Å². The zero-order chi connectivity index (χ0) is 18.1. The molecule has 7 heteroatoms. The summed E-state index contributed by atoms with van der Waals surface area (Å²) in [4.78, 5) is 24.1. The molecular formula is C19H15NO6. The third kappa shape index (κ3) is 2.89. The van der Waals surface area contributed by atoms with Gasteiger partial charge in [-0.1, -0.05) is 6.07 Å². The molecule has 0 spiro atoms.